The van der Waals surface area contributed by atoms with Crippen LogP contribution in [0.1, 0.15) is 0 Å². The maximum atomic E-state index is 6.62. The normalized spacial score (nSPS) is 12.5. The molecule has 53 heavy (non-hydrogen) atoms. The molecule has 0 atom stereocenters. The summed E-state index contributed by atoms with van der Waals surface area (Å²) in [5.41, 5.74) is 9.87. The summed E-state index contributed by atoms with van der Waals surface area (Å²) < 4.78 is 11.4. The van der Waals surface area contributed by atoms with Crippen LogP contribution in [0.15, 0.2) is 162 Å². The molecule has 0 unspecified atom stereocenters. The molecule has 0 bridgehead atoms. The third-order valence-electron chi connectivity index (χ3n) is 11.4. The van der Waals surface area contributed by atoms with Crippen LogP contribution in [0.25, 0.3) is 121 Å². The Bertz CT molecular complexity index is 3700. The lowest BCUT2D eigenvalue weighted by molar-refractivity contribution is 0.666. The average molecular weight is 675 g/mol. The van der Waals surface area contributed by atoms with Crippen LogP contribution in [-0.2, 0) is 0 Å². The number of para-hydroxylation sites is 3. The number of furan rings is 1. The summed E-state index contributed by atoms with van der Waals surface area (Å²) in [7, 11) is 0. The topological polar surface area (TPSA) is 48.3 Å². The fraction of sp³-hybridized carbons (Fsp3) is 0. The van der Waals surface area contributed by atoms with Crippen LogP contribution >= 0.6 is 0 Å². The minimum Gasteiger partial charge on any atom is -0.452 e. The van der Waals surface area contributed by atoms with Gasteiger partial charge in [-0.3, -0.25) is 4.57 Å². The molecule has 5 heteroatoms. The van der Waals surface area contributed by atoms with E-state index in [1.807, 2.05) is 12.1 Å². The minimum absolute atomic E-state index is 0.617. The van der Waals surface area contributed by atoms with Crippen LogP contribution in [0.5, 0.6) is 0 Å². The SMILES string of the molecule is c1ccc2cc(-c3nc(-n4c5c6ccccc6ccc5c5cc6c7ccccc7n7c8ccccc8c(c54)c67)nc4c3oc3ccccc34)ccc2c1. The van der Waals surface area contributed by atoms with Crippen LogP contribution in [0.2, 0.25) is 0 Å². The highest BCUT2D eigenvalue weighted by atomic mass is 16.3. The van der Waals surface area contributed by atoms with Gasteiger partial charge < -0.3 is 8.82 Å². The molecule has 5 nitrogen and oxygen atoms in total. The summed E-state index contributed by atoms with van der Waals surface area (Å²) >= 11 is 0. The molecule has 13 rings (SSSR count). The first-order valence-corrected chi connectivity index (χ1v) is 18.0. The van der Waals surface area contributed by atoms with Crippen molar-refractivity contribution in [3.05, 3.63) is 158 Å². The number of rotatable bonds is 2. The van der Waals surface area contributed by atoms with Gasteiger partial charge in [-0.2, -0.15) is 0 Å². The zero-order chi connectivity index (χ0) is 34.4. The van der Waals surface area contributed by atoms with Crippen LogP contribution in [-0.4, -0.2) is 18.9 Å². The van der Waals surface area contributed by atoms with Gasteiger partial charge in [0.05, 0.1) is 27.6 Å². The van der Waals surface area contributed by atoms with Gasteiger partial charge in [0.15, 0.2) is 5.58 Å². The quantitative estimate of drug-likeness (QED) is 0.183. The van der Waals surface area contributed by atoms with Crippen molar-refractivity contribution in [1.82, 2.24) is 18.9 Å². The molecule has 244 valence electrons. The Morgan fingerprint density at radius 3 is 1.96 bits per heavy atom. The second-order valence-corrected chi connectivity index (χ2v) is 14.1. The molecular weight excluding hydrogens is 649 g/mol. The van der Waals surface area contributed by atoms with Crippen molar-refractivity contribution in [2.75, 3.05) is 0 Å². The number of nitrogens with zero attached hydrogens (tertiary/aromatic N) is 4. The molecule has 13 aromatic rings. The van der Waals surface area contributed by atoms with Gasteiger partial charge in [0.25, 0.3) is 0 Å². The Morgan fingerprint density at radius 1 is 0.434 bits per heavy atom. The van der Waals surface area contributed by atoms with E-state index < -0.39 is 0 Å². The molecule has 0 spiro atoms. The van der Waals surface area contributed by atoms with Crippen molar-refractivity contribution in [2.24, 2.45) is 0 Å². The smallest absolute Gasteiger partial charge is 0.236 e. The molecule has 0 amide bonds. The van der Waals surface area contributed by atoms with E-state index >= 15 is 0 Å². The second kappa shape index (κ2) is 9.75. The maximum absolute atomic E-state index is 6.62. The van der Waals surface area contributed by atoms with Crippen molar-refractivity contribution >= 4 is 104 Å². The highest BCUT2D eigenvalue weighted by Crippen LogP contribution is 2.47. The third-order valence-corrected chi connectivity index (χ3v) is 11.4. The number of aromatic nitrogens is 4. The van der Waals surface area contributed by atoms with E-state index in [0.717, 1.165) is 49.5 Å². The Kier molecular flexibility index (Phi) is 5.06. The van der Waals surface area contributed by atoms with Crippen molar-refractivity contribution in [2.45, 2.75) is 0 Å². The fourth-order valence-corrected chi connectivity index (χ4v) is 9.18. The summed E-state index contributed by atoms with van der Waals surface area (Å²) in [5, 5.41) is 12.9. The molecule has 0 saturated heterocycles. The minimum atomic E-state index is 0.617. The van der Waals surface area contributed by atoms with E-state index in [2.05, 4.69) is 155 Å². The molecule has 0 aliphatic carbocycles. The zero-order valence-electron chi connectivity index (χ0n) is 28.2. The summed E-state index contributed by atoms with van der Waals surface area (Å²) in [6.45, 7) is 0. The van der Waals surface area contributed by atoms with E-state index in [-0.39, 0.29) is 0 Å². The summed E-state index contributed by atoms with van der Waals surface area (Å²) in [5.74, 6) is 0.617. The van der Waals surface area contributed by atoms with Crippen molar-refractivity contribution < 1.29 is 4.42 Å². The molecule has 5 aromatic heterocycles. The molecular formula is C48H26N4O. The summed E-state index contributed by atoms with van der Waals surface area (Å²) in [6, 6.07) is 56.3. The van der Waals surface area contributed by atoms with E-state index in [4.69, 9.17) is 14.4 Å². The van der Waals surface area contributed by atoms with Crippen molar-refractivity contribution in [3.8, 4) is 17.2 Å². The van der Waals surface area contributed by atoms with Gasteiger partial charge in [0, 0.05) is 48.7 Å². The predicted molar refractivity (Wildman–Crippen MR) is 219 cm³/mol. The third kappa shape index (κ3) is 3.46. The Balaban J connectivity index is 1.29. The van der Waals surface area contributed by atoms with Crippen LogP contribution in [0.3, 0.4) is 0 Å². The number of fused-ring (bicyclic) bond motifs is 16. The molecule has 0 fully saturated rings. The zero-order valence-corrected chi connectivity index (χ0v) is 28.2. The summed E-state index contributed by atoms with van der Waals surface area (Å²) in [4.78, 5) is 11.0. The Hall–Kier alpha value is -7.24. The highest BCUT2D eigenvalue weighted by Gasteiger charge is 2.27. The van der Waals surface area contributed by atoms with Gasteiger partial charge in [0.2, 0.25) is 5.95 Å². The van der Waals surface area contributed by atoms with Crippen LogP contribution in [0, 0.1) is 0 Å². The lowest BCUT2D eigenvalue weighted by Crippen LogP contribution is -2.03. The first-order chi connectivity index (χ1) is 26.3. The van der Waals surface area contributed by atoms with E-state index in [0.29, 0.717) is 11.5 Å². The lowest BCUT2D eigenvalue weighted by Gasteiger charge is -2.12. The van der Waals surface area contributed by atoms with Gasteiger partial charge in [-0.25, -0.2) is 9.97 Å². The maximum Gasteiger partial charge on any atom is 0.236 e. The summed E-state index contributed by atoms with van der Waals surface area (Å²) in [6.07, 6.45) is 0. The molecule has 0 N–H and O–H groups in total. The molecule has 0 saturated carbocycles. The average Bonchev–Trinajstić information content (AvgIpc) is 3.96. The van der Waals surface area contributed by atoms with Gasteiger partial charge >= 0.3 is 0 Å². The monoisotopic (exact) mass is 674 g/mol. The van der Waals surface area contributed by atoms with E-state index in [1.165, 1.54) is 59.6 Å². The largest absolute Gasteiger partial charge is 0.452 e. The highest BCUT2D eigenvalue weighted by molar-refractivity contribution is 6.35. The Labute approximate surface area is 300 Å². The first kappa shape index (κ1) is 27.5. The Morgan fingerprint density at radius 2 is 1.09 bits per heavy atom. The van der Waals surface area contributed by atoms with Gasteiger partial charge in [-0.1, -0.05) is 121 Å². The van der Waals surface area contributed by atoms with Crippen molar-refractivity contribution in [1.29, 1.82) is 0 Å². The van der Waals surface area contributed by atoms with Crippen molar-refractivity contribution in [3.63, 3.8) is 0 Å². The van der Waals surface area contributed by atoms with E-state index in [9.17, 15) is 0 Å². The fourth-order valence-electron chi connectivity index (χ4n) is 9.18. The number of hydrogen-bond donors (Lipinski definition) is 0. The van der Waals surface area contributed by atoms with Crippen LogP contribution < -0.4 is 0 Å². The van der Waals surface area contributed by atoms with Gasteiger partial charge in [0.1, 0.15) is 16.8 Å². The molecule has 0 aliphatic heterocycles. The molecule has 5 heterocycles. The van der Waals surface area contributed by atoms with Crippen LogP contribution in [0.4, 0.5) is 0 Å². The number of hydrogen-bond acceptors (Lipinski definition) is 3. The first-order valence-electron chi connectivity index (χ1n) is 18.0. The molecule has 8 aromatic carbocycles. The molecule has 0 radical (unpaired) electrons. The second-order valence-electron chi connectivity index (χ2n) is 14.1. The van der Waals surface area contributed by atoms with E-state index in [1.54, 1.807) is 0 Å². The predicted octanol–water partition coefficient (Wildman–Crippen LogP) is 12.6. The van der Waals surface area contributed by atoms with Gasteiger partial charge in [-0.05, 0) is 52.6 Å². The lowest BCUT2D eigenvalue weighted by atomic mass is 10.0. The standard InChI is InChI=1S/C48H26N4O/c1-2-13-29-25-30(22-21-27(29)11-1)42-47-43(35-17-7-10-20-40(35)53-47)50-48(49-42)52-44-31-14-4-3-12-28(31)23-24-33(44)37-26-36-32-15-5-8-18-38(32)51-39-19-9-6-16-34(39)41(45(36)51)46(37)52/h1-26H. The van der Waals surface area contributed by atoms with Gasteiger partial charge in [-0.15, -0.1) is 0 Å². The number of benzene rings is 8. The molecule has 0 aliphatic rings.